The number of hydrogen-bond acceptors (Lipinski definition) is 5. The minimum Gasteiger partial charge on any atom is -0.379 e. The smallest absolute Gasteiger partial charge is 0.379 e. The largest absolute Gasteiger partial charge is 0.501 e. The van der Waals surface area contributed by atoms with E-state index in [2.05, 4.69) is 11.8 Å². The third kappa shape index (κ3) is 3.75. The molecule has 2 atom stereocenters. The van der Waals surface area contributed by atoms with Crippen molar-refractivity contribution in [3.05, 3.63) is 0 Å². The number of nitrogens with zero attached hydrogens (tertiary/aromatic N) is 1. The molecule has 0 N–H and O–H groups in total. The molecule has 2 fully saturated rings. The van der Waals surface area contributed by atoms with Gasteiger partial charge in [-0.3, -0.25) is 4.90 Å². The molecule has 18 heavy (non-hydrogen) atoms. The summed E-state index contributed by atoms with van der Waals surface area (Å²) in [4.78, 5) is 2.35. The van der Waals surface area contributed by atoms with Crippen molar-refractivity contribution in [2.45, 2.75) is 32.4 Å². The number of ether oxygens (including phenoxy) is 1. The Morgan fingerprint density at radius 3 is 3.00 bits per heavy atom. The Labute approximate surface area is 111 Å². The fourth-order valence-electron chi connectivity index (χ4n) is 2.51. The molecule has 2 rings (SSSR count). The van der Waals surface area contributed by atoms with E-state index < -0.39 is 8.80 Å². The van der Waals surface area contributed by atoms with Gasteiger partial charge in [0, 0.05) is 32.3 Å². The van der Waals surface area contributed by atoms with E-state index in [1.165, 1.54) is 0 Å². The van der Waals surface area contributed by atoms with Gasteiger partial charge in [0.25, 0.3) is 0 Å². The van der Waals surface area contributed by atoms with Gasteiger partial charge in [-0.25, -0.2) is 0 Å². The van der Waals surface area contributed by atoms with Gasteiger partial charge in [0.1, 0.15) is 0 Å². The van der Waals surface area contributed by atoms with Gasteiger partial charge in [0.2, 0.25) is 0 Å². The quantitative estimate of drug-likeness (QED) is 0.722. The molecule has 0 aromatic carbocycles. The second kappa shape index (κ2) is 6.98. The zero-order chi connectivity index (χ0) is 12.8. The lowest BCUT2D eigenvalue weighted by Crippen LogP contribution is -2.56. The molecule has 2 aliphatic heterocycles. The summed E-state index contributed by atoms with van der Waals surface area (Å²) in [5.74, 6) is 0. The van der Waals surface area contributed by atoms with Crippen molar-refractivity contribution in [1.82, 2.24) is 4.90 Å². The zero-order valence-corrected chi connectivity index (χ0v) is 12.5. The molecule has 0 aromatic rings. The van der Waals surface area contributed by atoms with Crippen LogP contribution < -0.4 is 0 Å². The van der Waals surface area contributed by atoms with Crippen LogP contribution in [0.5, 0.6) is 0 Å². The molecule has 0 saturated carbocycles. The molecular formula is C12H25NO4Si. The minimum absolute atomic E-state index is 0.0868. The predicted octanol–water partition coefficient (Wildman–Crippen LogP) is 1.12. The third-order valence-corrected chi connectivity index (χ3v) is 6.46. The van der Waals surface area contributed by atoms with Gasteiger partial charge >= 0.3 is 8.80 Å². The van der Waals surface area contributed by atoms with Crippen LogP contribution in [0.1, 0.15) is 20.3 Å². The van der Waals surface area contributed by atoms with Crippen LogP contribution in [0.2, 0.25) is 6.04 Å². The first-order valence-corrected chi connectivity index (χ1v) is 8.97. The molecule has 0 amide bonds. The Kier molecular flexibility index (Phi) is 5.59. The summed E-state index contributed by atoms with van der Waals surface area (Å²) in [6, 6.07) is 0.878. The first-order valence-electron chi connectivity index (χ1n) is 7.04. The molecule has 2 unspecified atom stereocenters. The van der Waals surface area contributed by atoms with Crippen molar-refractivity contribution >= 4 is 8.80 Å². The first-order chi connectivity index (χ1) is 8.78. The average Bonchev–Trinajstić information content (AvgIpc) is 2.30. The maximum Gasteiger partial charge on any atom is 0.501 e. The van der Waals surface area contributed by atoms with Crippen LogP contribution >= 0.6 is 0 Å². The van der Waals surface area contributed by atoms with Crippen molar-refractivity contribution in [3.8, 4) is 0 Å². The third-order valence-electron chi connectivity index (χ3n) is 3.42. The van der Waals surface area contributed by atoms with E-state index in [4.69, 9.17) is 18.0 Å². The number of hydrogen-bond donors (Lipinski definition) is 0. The summed E-state index contributed by atoms with van der Waals surface area (Å²) < 4.78 is 23.8. The lowest BCUT2D eigenvalue weighted by Gasteiger charge is -2.39. The highest BCUT2D eigenvalue weighted by Gasteiger charge is 2.45. The van der Waals surface area contributed by atoms with Crippen molar-refractivity contribution in [1.29, 1.82) is 0 Å². The topological polar surface area (TPSA) is 40.2 Å². The standard InChI is InChI=1S/C12H25NO4Si/c1-3-13-6-8-16-18(15-4-2)9-5-7-14-11-12(10-13)17-18/h12H,3-11H2,1-2H3. The number of likely N-dealkylation sites (N-methyl/N-ethyl adjacent to an activating group) is 1. The predicted molar refractivity (Wildman–Crippen MR) is 70.6 cm³/mol. The maximum absolute atomic E-state index is 6.22. The van der Waals surface area contributed by atoms with Crippen LogP contribution in [0.3, 0.4) is 0 Å². The van der Waals surface area contributed by atoms with Gasteiger partial charge in [0.15, 0.2) is 0 Å². The van der Waals surface area contributed by atoms with Gasteiger partial charge in [-0.2, -0.15) is 0 Å². The van der Waals surface area contributed by atoms with Gasteiger partial charge in [-0.15, -0.1) is 0 Å². The van der Waals surface area contributed by atoms with E-state index in [0.717, 1.165) is 38.7 Å². The van der Waals surface area contributed by atoms with E-state index in [1.807, 2.05) is 6.92 Å². The lowest BCUT2D eigenvalue weighted by atomic mass is 10.3. The molecule has 2 bridgehead atoms. The average molecular weight is 275 g/mol. The van der Waals surface area contributed by atoms with Gasteiger partial charge in [-0.1, -0.05) is 6.92 Å². The second-order valence-corrected chi connectivity index (χ2v) is 7.46. The monoisotopic (exact) mass is 275 g/mol. The summed E-state index contributed by atoms with van der Waals surface area (Å²) in [6.07, 6.45) is 1.06. The Morgan fingerprint density at radius 2 is 2.22 bits per heavy atom. The van der Waals surface area contributed by atoms with E-state index in [-0.39, 0.29) is 6.10 Å². The van der Waals surface area contributed by atoms with Crippen LogP contribution in [0.15, 0.2) is 0 Å². The summed E-state index contributed by atoms with van der Waals surface area (Å²) in [5.41, 5.74) is 0. The summed E-state index contributed by atoms with van der Waals surface area (Å²) in [7, 11) is -2.45. The van der Waals surface area contributed by atoms with Gasteiger partial charge < -0.3 is 18.0 Å². The molecule has 2 aliphatic rings. The minimum atomic E-state index is -2.45. The van der Waals surface area contributed by atoms with Crippen LogP contribution in [-0.2, 0) is 18.0 Å². The highest BCUT2D eigenvalue weighted by atomic mass is 28.4. The molecule has 2 heterocycles. The van der Waals surface area contributed by atoms with Crippen molar-refractivity contribution in [2.75, 3.05) is 46.1 Å². The van der Waals surface area contributed by atoms with Crippen molar-refractivity contribution in [2.24, 2.45) is 0 Å². The molecule has 0 aromatic heterocycles. The fraction of sp³-hybridized carbons (Fsp3) is 1.00. The second-order valence-electron chi connectivity index (χ2n) is 4.78. The van der Waals surface area contributed by atoms with Gasteiger partial charge in [-0.05, 0) is 19.9 Å². The summed E-state index contributed by atoms with van der Waals surface area (Å²) in [6.45, 7) is 9.89. The van der Waals surface area contributed by atoms with Crippen molar-refractivity contribution in [3.63, 3.8) is 0 Å². The Balaban J connectivity index is 2.07. The molecular weight excluding hydrogens is 250 g/mol. The van der Waals surface area contributed by atoms with Crippen LogP contribution in [-0.4, -0.2) is 65.9 Å². The van der Waals surface area contributed by atoms with E-state index in [0.29, 0.717) is 19.8 Å². The maximum atomic E-state index is 6.22. The summed E-state index contributed by atoms with van der Waals surface area (Å²) in [5, 5.41) is 0. The molecule has 0 aliphatic carbocycles. The number of fused-ring (bicyclic) bond motifs is 2. The van der Waals surface area contributed by atoms with Crippen LogP contribution in [0.25, 0.3) is 0 Å². The Bertz CT molecular complexity index is 256. The van der Waals surface area contributed by atoms with Crippen LogP contribution in [0.4, 0.5) is 0 Å². The van der Waals surface area contributed by atoms with Crippen molar-refractivity contribution < 1.29 is 18.0 Å². The first kappa shape index (κ1) is 14.4. The highest BCUT2D eigenvalue weighted by Crippen LogP contribution is 2.24. The molecule has 6 heteroatoms. The van der Waals surface area contributed by atoms with Gasteiger partial charge in [0.05, 0.1) is 19.3 Å². The van der Waals surface area contributed by atoms with E-state index in [1.54, 1.807) is 0 Å². The van der Waals surface area contributed by atoms with Crippen LogP contribution in [0, 0.1) is 0 Å². The Morgan fingerprint density at radius 1 is 1.33 bits per heavy atom. The van der Waals surface area contributed by atoms with E-state index >= 15 is 0 Å². The Hall–Kier alpha value is 0.0169. The summed E-state index contributed by atoms with van der Waals surface area (Å²) >= 11 is 0. The molecule has 106 valence electrons. The molecule has 0 radical (unpaired) electrons. The number of rotatable bonds is 3. The fourth-order valence-corrected chi connectivity index (χ4v) is 5.21. The zero-order valence-electron chi connectivity index (χ0n) is 11.5. The molecule has 5 nitrogen and oxygen atoms in total. The molecule has 0 spiro atoms. The van der Waals surface area contributed by atoms with E-state index in [9.17, 15) is 0 Å². The molecule has 2 saturated heterocycles. The lowest BCUT2D eigenvalue weighted by molar-refractivity contribution is -0.0534. The highest BCUT2D eigenvalue weighted by molar-refractivity contribution is 6.60. The SMILES string of the molecule is CCO[Si]12CCCOCC(CN(CC)CCO1)O2. The normalized spacial score (nSPS) is 35.3.